The monoisotopic (exact) mass is 476 g/mol. The Morgan fingerprint density at radius 2 is 1.81 bits per heavy atom. The fraction of sp³-hybridized carbons (Fsp3) is 0.900. The number of halogens is 1. The average Bonchev–Trinajstić information content (AvgIpc) is 3.28. The fourth-order valence-electron chi connectivity index (χ4n) is 4.78. The van der Waals surface area contributed by atoms with Gasteiger partial charge in [-0.2, -0.15) is 0 Å². The maximum absolute atomic E-state index is 12.7. The number of nitrogens with one attached hydrogen (secondary N) is 2. The van der Waals surface area contributed by atoms with Crippen LogP contribution in [0.4, 0.5) is 0 Å². The van der Waals surface area contributed by atoms with Crippen LogP contribution in [0.25, 0.3) is 0 Å². The number of guanidine groups is 1. The molecule has 1 saturated heterocycles. The molecule has 2 aliphatic carbocycles. The number of amides is 1. The van der Waals surface area contributed by atoms with Gasteiger partial charge in [0.2, 0.25) is 5.91 Å². The minimum absolute atomic E-state index is 0. The molecule has 3 aliphatic rings. The van der Waals surface area contributed by atoms with Gasteiger partial charge in [-0.1, -0.05) is 39.0 Å². The smallest absolute Gasteiger partial charge is 0.225 e. The zero-order valence-corrected chi connectivity index (χ0v) is 18.9. The van der Waals surface area contributed by atoms with Crippen molar-refractivity contribution in [1.82, 2.24) is 15.5 Å². The van der Waals surface area contributed by atoms with E-state index in [1.54, 1.807) is 0 Å². The van der Waals surface area contributed by atoms with Crippen LogP contribution in [0.5, 0.6) is 0 Å². The van der Waals surface area contributed by atoms with Crippen LogP contribution in [-0.2, 0) is 4.79 Å². The molecular formula is C20H37IN4O. The van der Waals surface area contributed by atoms with E-state index in [0.29, 0.717) is 17.4 Å². The summed E-state index contributed by atoms with van der Waals surface area (Å²) < 4.78 is 0. The van der Waals surface area contributed by atoms with Gasteiger partial charge in [0.05, 0.1) is 0 Å². The lowest BCUT2D eigenvalue weighted by atomic mass is 9.88. The number of hydrogen-bond acceptors (Lipinski definition) is 2. The van der Waals surface area contributed by atoms with Gasteiger partial charge in [-0.15, -0.1) is 24.0 Å². The number of carbonyl (C=O) groups excluding carboxylic acids is 1. The Balaban J connectivity index is 0.00000243. The molecule has 0 aromatic carbocycles. The highest BCUT2D eigenvalue weighted by molar-refractivity contribution is 14.0. The molecular weight excluding hydrogens is 439 g/mol. The molecule has 0 aromatic heterocycles. The molecule has 1 aliphatic heterocycles. The SMILES string of the molecule is CN=C(NCC1(C)CCCC1)NC1CCN(C(=O)C2CCCCC2)C1.I. The third-order valence-corrected chi connectivity index (χ3v) is 6.51. The predicted octanol–water partition coefficient (Wildman–Crippen LogP) is 3.53. The van der Waals surface area contributed by atoms with Gasteiger partial charge < -0.3 is 15.5 Å². The molecule has 3 rings (SSSR count). The Morgan fingerprint density at radius 1 is 1.12 bits per heavy atom. The maximum atomic E-state index is 12.7. The molecule has 1 amide bonds. The van der Waals surface area contributed by atoms with Crippen LogP contribution in [0.3, 0.4) is 0 Å². The summed E-state index contributed by atoms with van der Waals surface area (Å²) in [6, 6.07) is 0.329. The third-order valence-electron chi connectivity index (χ3n) is 6.51. The van der Waals surface area contributed by atoms with E-state index in [1.165, 1.54) is 44.9 Å². The molecule has 1 atom stereocenters. The van der Waals surface area contributed by atoms with Crippen molar-refractivity contribution in [2.75, 3.05) is 26.7 Å². The molecule has 26 heavy (non-hydrogen) atoms. The maximum Gasteiger partial charge on any atom is 0.225 e. The van der Waals surface area contributed by atoms with E-state index < -0.39 is 0 Å². The second kappa shape index (κ2) is 10.1. The van der Waals surface area contributed by atoms with Crippen LogP contribution in [0, 0.1) is 11.3 Å². The number of carbonyl (C=O) groups is 1. The summed E-state index contributed by atoms with van der Waals surface area (Å²) in [6.45, 7) is 5.08. The molecule has 1 heterocycles. The van der Waals surface area contributed by atoms with Crippen molar-refractivity contribution in [1.29, 1.82) is 0 Å². The first-order valence-corrected chi connectivity index (χ1v) is 10.4. The minimum atomic E-state index is 0. The minimum Gasteiger partial charge on any atom is -0.356 e. The molecule has 0 radical (unpaired) electrons. The first kappa shape index (κ1) is 21.8. The number of hydrogen-bond donors (Lipinski definition) is 2. The van der Waals surface area contributed by atoms with Gasteiger partial charge in [-0.25, -0.2) is 0 Å². The van der Waals surface area contributed by atoms with Gasteiger partial charge in [0.25, 0.3) is 0 Å². The molecule has 0 spiro atoms. The van der Waals surface area contributed by atoms with Crippen molar-refractivity contribution in [3.8, 4) is 0 Å². The predicted molar refractivity (Wildman–Crippen MR) is 118 cm³/mol. The van der Waals surface area contributed by atoms with E-state index in [9.17, 15) is 4.79 Å². The molecule has 5 nitrogen and oxygen atoms in total. The van der Waals surface area contributed by atoms with Gasteiger partial charge in [0, 0.05) is 38.6 Å². The molecule has 150 valence electrons. The summed E-state index contributed by atoms with van der Waals surface area (Å²) >= 11 is 0. The van der Waals surface area contributed by atoms with E-state index in [-0.39, 0.29) is 29.9 Å². The lowest BCUT2D eigenvalue weighted by molar-refractivity contribution is -0.135. The van der Waals surface area contributed by atoms with Gasteiger partial charge in [0.15, 0.2) is 5.96 Å². The summed E-state index contributed by atoms with van der Waals surface area (Å²) in [5.74, 6) is 1.57. The van der Waals surface area contributed by atoms with Crippen LogP contribution < -0.4 is 10.6 Å². The second-order valence-electron chi connectivity index (χ2n) is 8.69. The summed E-state index contributed by atoms with van der Waals surface area (Å²) in [6.07, 6.45) is 12.3. The van der Waals surface area contributed by atoms with E-state index in [4.69, 9.17) is 0 Å². The van der Waals surface area contributed by atoms with Gasteiger partial charge in [-0.05, 0) is 37.5 Å². The van der Waals surface area contributed by atoms with Crippen LogP contribution in [0.1, 0.15) is 71.1 Å². The van der Waals surface area contributed by atoms with Crippen molar-refractivity contribution in [2.45, 2.75) is 77.2 Å². The fourth-order valence-corrected chi connectivity index (χ4v) is 4.78. The number of rotatable bonds is 4. The van der Waals surface area contributed by atoms with E-state index in [1.807, 2.05) is 7.05 Å². The van der Waals surface area contributed by atoms with Crippen LogP contribution in [-0.4, -0.2) is 49.5 Å². The van der Waals surface area contributed by atoms with E-state index in [0.717, 1.165) is 44.9 Å². The summed E-state index contributed by atoms with van der Waals surface area (Å²) in [4.78, 5) is 19.2. The first-order chi connectivity index (χ1) is 12.1. The molecule has 1 unspecified atom stereocenters. The molecule has 0 bridgehead atoms. The first-order valence-electron chi connectivity index (χ1n) is 10.4. The highest BCUT2D eigenvalue weighted by atomic mass is 127. The highest BCUT2D eigenvalue weighted by Gasteiger charge is 2.32. The molecule has 2 saturated carbocycles. The Kier molecular flexibility index (Phi) is 8.48. The highest BCUT2D eigenvalue weighted by Crippen LogP contribution is 2.36. The Labute approximate surface area is 176 Å². The number of likely N-dealkylation sites (tertiary alicyclic amines) is 1. The molecule has 0 aromatic rings. The summed E-state index contributed by atoms with van der Waals surface area (Å²) in [5.41, 5.74) is 0.413. The molecule has 3 fully saturated rings. The standard InChI is InChI=1S/C20H36N4O.HI/c1-20(11-6-7-12-20)15-22-19(21-2)23-17-10-13-24(14-17)18(25)16-8-4-3-5-9-16;/h16-17H,3-15H2,1-2H3,(H2,21,22,23);1H. The van der Waals surface area contributed by atoms with E-state index in [2.05, 4.69) is 27.4 Å². The van der Waals surface area contributed by atoms with Crippen molar-refractivity contribution in [3.63, 3.8) is 0 Å². The van der Waals surface area contributed by atoms with Crippen molar-refractivity contribution >= 4 is 35.8 Å². The Bertz CT molecular complexity index is 484. The summed E-state index contributed by atoms with van der Waals surface area (Å²) in [5, 5.41) is 7.06. The van der Waals surface area contributed by atoms with Crippen LogP contribution in [0.15, 0.2) is 4.99 Å². The van der Waals surface area contributed by atoms with Crippen LogP contribution >= 0.6 is 24.0 Å². The average molecular weight is 476 g/mol. The van der Waals surface area contributed by atoms with Crippen molar-refractivity contribution < 1.29 is 4.79 Å². The Hall–Kier alpha value is -0.530. The van der Waals surface area contributed by atoms with Crippen molar-refractivity contribution in [3.05, 3.63) is 0 Å². The zero-order valence-electron chi connectivity index (χ0n) is 16.6. The van der Waals surface area contributed by atoms with Gasteiger partial charge in [-0.3, -0.25) is 9.79 Å². The van der Waals surface area contributed by atoms with Gasteiger partial charge in [0.1, 0.15) is 0 Å². The zero-order chi connectivity index (χ0) is 17.7. The number of aliphatic imine (C=N–C) groups is 1. The molecule has 6 heteroatoms. The van der Waals surface area contributed by atoms with Gasteiger partial charge >= 0.3 is 0 Å². The van der Waals surface area contributed by atoms with Crippen LogP contribution in [0.2, 0.25) is 0 Å². The number of nitrogens with zero attached hydrogens (tertiary/aromatic N) is 2. The molecule has 2 N–H and O–H groups in total. The second-order valence-corrected chi connectivity index (χ2v) is 8.69. The Morgan fingerprint density at radius 3 is 2.46 bits per heavy atom. The van der Waals surface area contributed by atoms with E-state index >= 15 is 0 Å². The third kappa shape index (κ3) is 5.73. The normalized spacial score (nSPS) is 26.5. The lowest BCUT2D eigenvalue weighted by Gasteiger charge is -2.27. The quantitative estimate of drug-likeness (QED) is 0.371. The van der Waals surface area contributed by atoms with Crippen molar-refractivity contribution in [2.24, 2.45) is 16.3 Å². The largest absolute Gasteiger partial charge is 0.356 e. The summed E-state index contributed by atoms with van der Waals surface area (Å²) in [7, 11) is 1.84. The topological polar surface area (TPSA) is 56.7 Å². The lowest BCUT2D eigenvalue weighted by Crippen LogP contribution is -2.47.